The van der Waals surface area contributed by atoms with Crippen LogP contribution < -0.4 is 14.8 Å². The predicted octanol–water partition coefficient (Wildman–Crippen LogP) is 5.37. The van der Waals surface area contributed by atoms with Crippen molar-refractivity contribution >= 4 is 22.6 Å². The van der Waals surface area contributed by atoms with Crippen molar-refractivity contribution in [2.75, 3.05) is 25.6 Å². The van der Waals surface area contributed by atoms with E-state index in [2.05, 4.69) is 10.3 Å². The number of nitrogens with zero attached hydrogens (tertiary/aromatic N) is 2. The number of hydrogen-bond acceptors (Lipinski definition) is 5. The van der Waals surface area contributed by atoms with Crippen LogP contribution >= 0.6 is 0 Å². The van der Waals surface area contributed by atoms with Gasteiger partial charge in [0.25, 0.3) is 0 Å². The smallest absolute Gasteiger partial charge is 0.339 e. The number of benzene rings is 2. The minimum Gasteiger partial charge on any atom is -0.496 e. The van der Waals surface area contributed by atoms with Crippen molar-refractivity contribution in [2.45, 2.75) is 20.4 Å². The van der Waals surface area contributed by atoms with E-state index in [0.29, 0.717) is 48.0 Å². The number of ether oxygens (including phenoxy) is 2. The lowest BCUT2D eigenvalue weighted by Crippen LogP contribution is -2.12. The van der Waals surface area contributed by atoms with Crippen molar-refractivity contribution in [1.29, 1.82) is 0 Å². The highest BCUT2D eigenvalue weighted by atomic mass is 19.1. The summed E-state index contributed by atoms with van der Waals surface area (Å²) in [4.78, 5) is 16.0. The van der Waals surface area contributed by atoms with Crippen LogP contribution in [-0.4, -0.2) is 40.9 Å². The molecule has 0 aliphatic rings. The van der Waals surface area contributed by atoms with E-state index in [4.69, 9.17) is 9.47 Å². The molecule has 2 N–H and O–H groups in total. The average molecular weight is 464 g/mol. The van der Waals surface area contributed by atoms with Crippen molar-refractivity contribution in [2.24, 2.45) is 0 Å². The van der Waals surface area contributed by atoms with E-state index in [1.54, 1.807) is 44.5 Å². The second-order valence-corrected chi connectivity index (χ2v) is 7.75. The lowest BCUT2D eigenvalue weighted by Gasteiger charge is -2.13. The first-order valence-corrected chi connectivity index (χ1v) is 11.0. The van der Waals surface area contributed by atoms with Gasteiger partial charge in [-0.05, 0) is 62.4 Å². The highest BCUT2D eigenvalue weighted by molar-refractivity contribution is 5.92. The fourth-order valence-electron chi connectivity index (χ4n) is 4.05. The van der Waals surface area contributed by atoms with Gasteiger partial charge in [0, 0.05) is 41.6 Å². The topological polar surface area (TPSA) is 85.6 Å². The molecular weight excluding hydrogens is 437 g/mol. The Hall–Kier alpha value is -4.07. The Morgan fingerprint density at radius 3 is 2.68 bits per heavy atom. The van der Waals surface area contributed by atoms with Gasteiger partial charge >= 0.3 is 5.97 Å². The molecule has 0 bridgehead atoms. The number of halogens is 1. The molecule has 34 heavy (non-hydrogen) atoms. The maximum absolute atomic E-state index is 14.6. The molecule has 8 heteroatoms. The van der Waals surface area contributed by atoms with Gasteiger partial charge in [-0.15, -0.1) is 0 Å². The largest absolute Gasteiger partial charge is 0.496 e. The van der Waals surface area contributed by atoms with Crippen LogP contribution in [0.3, 0.4) is 0 Å². The van der Waals surface area contributed by atoms with Gasteiger partial charge in [0.15, 0.2) is 0 Å². The number of hydrogen-bond donors (Lipinski definition) is 2. The zero-order valence-corrected chi connectivity index (χ0v) is 19.3. The summed E-state index contributed by atoms with van der Waals surface area (Å²) >= 11 is 0. The van der Waals surface area contributed by atoms with Crippen LogP contribution in [0.25, 0.3) is 22.2 Å². The van der Waals surface area contributed by atoms with Crippen LogP contribution in [0, 0.1) is 12.7 Å². The highest BCUT2D eigenvalue weighted by Crippen LogP contribution is 2.31. The minimum absolute atomic E-state index is 0.0897. The molecule has 4 rings (SSSR count). The maximum Gasteiger partial charge on any atom is 0.339 e. The zero-order chi connectivity index (χ0) is 24.2. The standard InChI is InChI=1S/C26H26FN3O4/c1-4-34-24-7-5-17(14-20(24)26(31)32)22-15-18(9-10-29-22)28-11-12-30-16(2)13-19-23(33-3)8-6-21(27)25(19)30/h5-10,13-15H,4,11-12H2,1-3H3,(H,28,29)(H,31,32). The number of carbonyl (C=O) groups is 1. The van der Waals surface area contributed by atoms with Crippen LogP contribution in [0.2, 0.25) is 0 Å². The Balaban J connectivity index is 1.53. The Morgan fingerprint density at radius 1 is 1.15 bits per heavy atom. The number of aryl methyl sites for hydroxylation is 1. The van der Waals surface area contributed by atoms with Gasteiger partial charge in [-0.2, -0.15) is 0 Å². The molecule has 0 radical (unpaired) electrons. The van der Waals surface area contributed by atoms with E-state index >= 15 is 0 Å². The molecular formula is C26H26FN3O4. The number of aromatic nitrogens is 2. The molecule has 2 aromatic heterocycles. The molecule has 0 fully saturated rings. The number of pyridine rings is 1. The van der Waals surface area contributed by atoms with E-state index in [-0.39, 0.29) is 11.4 Å². The van der Waals surface area contributed by atoms with Crippen molar-refractivity contribution in [3.63, 3.8) is 0 Å². The summed E-state index contributed by atoms with van der Waals surface area (Å²) in [6.07, 6.45) is 1.66. The summed E-state index contributed by atoms with van der Waals surface area (Å²) < 4.78 is 27.3. The number of rotatable bonds is 9. The highest BCUT2D eigenvalue weighted by Gasteiger charge is 2.15. The Morgan fingerprint density at radius 2 is 1.94 bits per heavy atom. The average Bonchev–Trinajstić information content (AvgIpc) is 3.16. The molecule has 0 saturated carbocycles. The second-order valence-electron chi connectivity index (χ2n) is 7.75. The van der Waals surface area contributed by atoms with Crippen LogP contribution in [-0.2, 0) is 6.54 Å². The Kier molecular flexibility index (Phi) is 6.67. The molecule has 176 valence electrons. The zero-order valence-electron chi connectivity index (χ0n) is 19.3. The number of methoxy groups -OCH3 is 1. The number of nitrogens with one attached hydrogen (secondary N) is 1. The summed E-state index contributed by atoms with van der Waals surface area (Å²) in [5, 5.41) is 13.6. The molecule has 0 amide bonds. The number of carboxylic acid groups (broad SMARTS) is 1. The van der Waals surface area contributed by atoms with E-state index in [1.807, 2.05) is 29.7 Å². The summed E-state index contributed by atoms with van der Waals surface area (Å²) in [6.45, 7) is 5.22. The van der Waals surface area contributed by atoms with Crippen LogP contribution in [0.5, 0.6) is 11.5 Å². The maximum atomic E-state index is 14.6. The third-order valence-electron chi connectivity index (χ3n) is 5.63. The first-order valence-electron chi connectivity index (χ1n) is 11.0. The van der Waals surface area contributed by atoms with Gasteiger partial charge in [0.05, 0.1) is 24.9 Å². The van der Waals surface area contributed by atoms with Gasteiger partial charge in [-0.1, -0.05) is 0 Å². The lowest BCUT2D eigenvalue weighted by molar-refractivity contribution is 0.0692. The molecule has 0 aliphatic carbocycles. The number of fused-ring (bicyclic) bond motifs is 1. The third kappa shape index (κ3) is 4.52. The van der Waals surface area contributed by atoms with Crippen molar-refractivity contribution in [3.8, 4) is 22.8 Å². The predicted molar refractivity (Wildman–Crippen MR) is 129 cm³/mol. The summed E-state index contributed by atoms with van der Waals surface area (Å²) in [5.41, 5.74) is 3.67. The van der Waals surface area contributed by atoms with Crippen LogP contribution in [0.15, 0.2) is 54.7 Å². The van der Waals surface area contributed by atoms with Crippen molar-refractivity contribution < 1.29 is 23.8 Å². The van der Waals surface area contributed by atoms with E-state index in [9.17, 15) is 14.3 Å². The van der Waals surface area contributed by atoms with Gasteiger partial charge in [0.1, 0.15) is 22.9 Å². The monoisotopic (exact) mass is 463 g/mol. The van der Waals surface area contributed by atoms with Crippen LogP contribution in [0.1, 0.15) is 23.0 Å². The van der Waals surface area contributed by atoms with E-state index < -0.39 is 5.97 Å². The van der Waals surface area contributed by atoms with Gasteiger partial charge in [-0.3, -0.25) is 4.98 Å². The third-order valence-corrected chi connectivity index (χ3v) is 5.63. The number of anilines is 1. The summed E-state index contributed by atoms with van der Waals surface area (Å²) in [5.74, 6) is -0.384. The first-order chi connectivity index (χ1) is 16.4. The Labute approximate surface area is 196 Å². The van der Waals surface area contributed by atoms with Gasteiger partial charge in [0.2, 0.25) is 0 Å². The summed E-state index contributed by atoms with van der Waals surface area (Å²) in [6, 6.07) is 13.7. The fourth-order valence-corrected chi connectivity index (χ4v) is 4.05. The molecule has 0 aliphatic heterocycles. The van der Waals surface area contributed by atoms with Crippen molar-refractivity contribution in [1.82, 2.24) is 9.55 Å². The first kappa shape index (κ1) is 23.1. The molecule has 0 unspecified atom stereocenters. The lowest BCUT2D eigenvalue weighted by atomic mass is 10.1. The molecule has 4 aromatic rings. The SMILES string of the molecule is CCOc1ccc(-c2cc(NCCn3c(C)cc4c(OC)ccc(F)c43)ccn2)cc1C(=O)O. The van der Waals surface area contributed by atoms with E-state index in [1.165, 1.54) is 6.07 Å². The second kappa shape index (κ2) is 9.82. The molecule has 2 aromatic carbocycles. The molecule has 0 saturated heterocycles. The molecule has 7 nitrogen and oxygen atoms in total. The van der Waals surface area contributed by atoms with Gasteiger partial charge in [-0.25, -0.2) is 9.18 Å². The Bertz CT molecular complexity index is 1350. The minimum atomic E-state index is -1.06. The molecule has 0 atom stereocenters. The summed E-state index contributed by atoms with van der Waals surface area (Å²) in [7, 11) is 1.58. The number of carboxylic acids is 1. The van der Waals surface area contributed by atoms with Gasteiger partial charge < -0.3 is 24.5 Å². The molecule has 0 spiro atoms. The number of aromatic carboxylic acids is 1. The fraction of sp³-hybridized carbons (Fsp3) is 0.231. The normalized spacial score (nSPS) is 10.9. The quantitative estimate of drug-likeness (QED) is 0.347. The van der Waals surface area contributed by atoms with Crippen molar-refractivity contribution in [3.05, 3.63) is 71.8 Å². The van der Waals surface area contributed by atoms with E-state index in [0.717, 1.165) is 16.8 Å². The molecule has 2 heterocycles. The van der Waals surface area contributed by atoms with Crippen LogP contribution in [0.4, 0.5) is 10.1 Å².